The lowest BCUT2D eigenvalue weighted by Crippen LogP contribution is -2.38. The molecule has 0 fully saturated rings. The molecule has 0 radical (unpaired) electrons. The third-order valence-electron chi connectivity index (χ3n) is 3.51. The second kappa shape index (κ2) is 6.41. The Kier molecular flexibility index (Phi) is 4.74. The van der Waals surface area contributed by atoms with Gasteiger partial charge in [-0.3, -0.25) is 13.9 Å². The van der Waals surface area contributed by atoms with E-state index < -0.39 is 21.1 Å². The summed E-state index contributed by atoms with van der Waals surface area (Å²) >= 11 is 0. The Bertz CT molecular complexity index is 941. The lowest BCUT2D eigenvalue weighted by Gasteiger charge is -2.10. The summed E-state index contributed by atoms with van der Waals surface area (Å²) in [4.78, 5) is 23.5. The van der Waals surface area contributed by atoms with Crippen molar-refractivity contribution < 1.29 is 13.2 Å². The molecular formula is C15H18N2O5S. The zero-order valence-corrected chi connectivity index (χ0v) is 14.0. The van der Waals surface area contributed by atoms with E-state index in [1.165, 1.54) is 31.8 Å². The van der Waals surface area contributed by atoms with Crippen LogP contribution in [0.3, 0.4) is 0 Å². The molecule has 1 aromatic heterocycles. The van der Waals surface area contributed by atoms with Crippen molar-refractivity contribution >= 4 is 9.84 Å². The minimum Gasteiger partial charge on any atom is -0.497 e. The van der Waals surface area contributed by atoms with Crippen molar-refractivity contribution in [3.63, 3.8) is 0 Å². The van der Waals surface area contributed by atoms with Crippen LogP contribution in [-0.4, -0.2) is 24.7 Å². The number of hydrogen-bond acceptors (Lipinski definition) is 5. The second-order valence-electron chi connectivity index (χ2n) is 5.26. The number of hydrogen-bond donors (Lipinski definition) is 0. The second-order valence-corrected chi connectivity index (χ2v) is 7.32. The SMILES string of the molecule is COc1cccc(CS(=O)(=O)Cc2cc(=O)n(C)c(=O)n2C)c1. The number of aromatic nitrogens is 2. The molecule has 23 heavy (non-hydrogen) atoms. The molecule has 1 heterocycles. The molecule has 0 atom stereocenters. The van der Waals surface area contributed by atoms with E-state index in [0.29, 0.717) is 11.3 Å². The molecule has 124 valence electrons. The molecule has 7 nitrogen and oxygen atoms in total. The van der Waals surface area contributed by atoms with Crippen LogP contribution in [0, 0.1) is 0 Å². The van der Waals surface area contributed by atoms with Crippen molar-refractivity contribution in [2.24, 2.45) is 14.1 Å². The Hall–Kier alpha value is -2.35. The smallest absolute Gasteiger partial charge is 0.330 e. The molecule has 2 rings (SSSR count). The zero-order chi connectivity index (χ0) is 17.2. The van der Waals surface area contributed by atoms with E-state index in [9.17, 15) is 18.0 Å². The highest BCUT2D eigenvalue weighted by molar-refractivity contribution is 7.89. The van der Waals surface area contributed by atoms with Crippen LogP contribution in [0.25, 0.3) is 0 Å². The van der Waals surface area contributed by atoms with Crippen molar-refractivity contribution in [1.82, 2.24) is 9.13 Å². The molecule has 0 spiro atoms. The summed E-state index contributed by atoms with van der Waals surface area (Å²) < 4.78 is 31.9. The average molecular weight is 338 g/mol. The molecule has 0 N–H and O–H groups in total. The highest BCUT2D eigenvalue weighted by atomic mass is 32.2. The summed E-state index contributed by atoms with van der Waals surface area (Å²) in [7, 11) is 0.747. The number of nitrogens with zero attached hydrogens (tertiary/aromatic N) is 2. The fourth-order valence-corrected chi connectivity index (χ4v) is 3.73. The number of sulfone groups is 1. The normalized spacial score (nSPS) is 11.4. The molecular weight excluding hydrogens is 320 g/mol. The van der Waals surface area contributed by atoms with E-state index in [0.717, 1.165) is 4.57 Å². The lowest BCUT2D eigenvalue weighted by atomic mass is 10.2. The highest BCUT2D eigenvalue weighted by Gasteiger charge is 2.17. The summed E-state index contributed by atoms with van der Waals surface area (Å²) in [5.74, 6) is -0.0155. The molecule has 0 saturated carbocycles. The molecule has 1 aromatic carbocycles. The number of rotatable bonds is 5. The van der Waals surface area contributed by atoms with Crippen LogP contribution in [0.2, 0.25) is 0 Å². The molecule has 0 amide bonds. The van der Waals surface area contributed by atoms with Crippen LogP contribution in [0.4, 0.5) is 0 Å². The van der Waals surface area contributed by atoms with Crippen LogP contribution in [0.15, 0.2) is 39.9 Å². The van der Waals surface area contributed by atoms with Crippen molar-refractivity contribution in [3.05, 3.63) is 62.4 Å². The number of methoxy groups -OCH3 is 1. The third kappa shape index (κ3) is 3.89. The van der Waals surface area contributed by atoms with E-state index in [4.69, 9.17) is 4.74 Å². The van der Waals surface area contributed by atoms with Crippen molar-refractivity contribution in [3.8, 4) is 5.75 Å². The third-order valence-corrected chi connectivity index (χ3v) is 5.02. The van der Waals surface area contributed by atoms with E-state index in [-0.39, 0.29) is 17.2 Å². The van der Waals surface area contributed by atoms with Gasteiger partial charge in [-0.25, -0.2) is 13.2 Å². The topological polar surface area (TPSA) is 87.4 Å². The first-order chi connectivity index (χ1) is 10.7. The van der Waals surface area contributed by atoms with E-state index >= 15 is 0 Å². The highest BCUT2D eigenvalue weighted by Crippen LogP contribution is 2.16. The molecule has 0 saturated heterocycles. The van der Waals surface area contributed by atoms with Gasteiger partial charge in [0, 0.05) is 25.9 Å². The Labute approximate surface area is 133 Å². The summed E-state index contributed by atoms with van der Waals surface area (Å²) in [5, 5.41) is 0. The Balaban J connectivity index is 2.32. The largest absolute Gasteiger partial charge is 0.497 e. The molecule has 0 bridgehead atoms. The van der Waals surface area contributed by atoms with E-state index in [2.05, 4.69) is 0 Å². The van der Waals surface area contributed by atoms with Gasteiger partial charge in [0.25, 0.3) is 5.56 Å². The van der Waals surface area contributed by atoms with Crippen LogP contribution < -0.4 is 16.0 Å². The first-order valence-electron chi connectivity index (χ1n) is 6.83. The van der Waals surface area contributed by atoms with Gasteiger partial charge in [-0.1, -0.05) is 12.1 Å². The van der Waals surface area contributed by atoms with E-state index in [1.807, 2.05) is 0 Å². The predicted octanol–water partition coefficient (Wildman–Crippen LogP) is 0.208. The Morgan fingerprint density at radius 2 is 1.74 bits per heavy atom. The van der Waals surface area contributed by atoms with Gasteiger partial charge in [-0.05, 0) is 17.7 Å². The maximum Gasteiger partial charge on any atom is 0.330 e. The number of ether oxygens (including phenoxy) is 1. The monoisotopic (exact) mass is 338 g/mol. The predicted molar refractivity (Wildman–Crippen MR) is 86.2 cm³/mol. The standard InChI is InChI=1S/C15H18N2O5S/c1-16-12(8-14(18)17(2)15(16)19)10-23(20,21)9-11-5-4-6-13(7-11)22-3/h4-8H,9-10H2,1-3H3. The van der Waals surface area contributed by atoms with Gasteiger partial charge in [0.05, 0.1) is 18.6 Å². The van der Waals surface area contributed by atoms with Gasteiger partial charge in [-0.15, -0.1) is 0 Å². The summed E-state index contributed by atoms with van der Waals surface area (Å²) in [6.45, 7) is 0. The minimum absolute atomic E-state index is 0.168. The lowest BCUT2D eigenvalue weighted by molar-refractivity contribution is 0.414. The van der Waals surface area contributed by atoms with Crippen molar-refractivity contribution in [1.29, 1.82) is 0 Å². The fraction of sp³-hybridized carbons (Fsp3) is 0.333. The van der Waals surface area contributed by atoms with E-state index in [1.54, 1.807) is 24.3 Å². The first kappa shape index (κ1) is 17.0. The zero-order valence-electron chi connectivity index (χ0n) is 13.1. The van der Waals surface area contributed by atoms with Gasteiger partial charge < -0.3 is 4.74 Å². The van der Waals surface area contributed by atoms with Gasteiger partial charge >= 0.3 is 5.69 Å². The van der Waals surface area contributed by atoms with Gasteiger partial charge in [-0.2, -0.15) is 0 Å². The van der Waals surface area contributed by atoms with Crippen LogP contribution in [0.1, 0.15) is 11.3 Å². The van der Waals surface area contributed by atoms with Crippen LogP contribution in [0.5, 0.6) is 5.75 Å². The summed E-state index contributed by atoms with van der Waals surface area (Å²) in [6, 6.07) is 7.92. The van der Waals surface area contributed by atoms with Gasteiger partial charge in [0.1, 0.15) is 5.75 Å². The molecule has 0 aliphatic rings. The summed E-state index contributed by atoms with van der Waals surface area (Å²) in [5.41, 5.74) is -0.331. The van der Waals surface area contributed by atoms with Crippen LogP contribution >= 0.6 is 0 Å². The van der Waals surface area contributed by atoms with Crippen molar-refractivity contribution in [2.75, 3.05) is 7.11 Å². The van der Waals surface area contributed by atoms with Gasteiger partial charge in [0.2, 0.25) is 0 Å². The Morgan fingerprint density at radius 3 is 2.39 bits per heavy atom. The molecule has 0 aliphatic heterocycles. The van der Waals surface area contributed by atoms with Crippen molar-refractivity contribution in [2.45, 2.75) is 11.5 Å². The van der Waals surface area contributed by atoms with Gasteiger partial charge in [0.15, 0.2) is 9.84 Å². The Morgan fingerprint density at radius 1 is 1.04 bits per heavy atom. The first-order valence-corrected chi connectivity index (χ1v) is 8.65. The average Bonchev–Trinajstić information content (AvgIpc) is 2.50. The van der Waals surface area contributed by atoms with Crippen LogP contribution in [-0.2, 0) is 35.4 Å². The summed E-state index contributed by atoms with van der Waals surface area (Å²) in [6.07, 6.45) is 0. The molecule has 2 aromatic rings. The maximum absolute atomic E-state index is 12.4. The minimum atomic E-state index is -3.54. The molecule has 8 heteroatoms. The quantitative estimate of drug-likeness (QED) is 0.778. The molecule has 0 aliphatic carbocycles. The fourth-order valence-electron chi connectivity index (χ4n) is 2.21. The maximum atomic E-state index is 12.4. The molecule has 0 unspecified atom stereocenters. The number of benzene rings is 1.